The summed E-state index contributed by atoms with van der Waals surface area (Å²) in [7, 11) is -3.06. The van der Waals surface area contributed by atoms with Crippen molar-refractivity contribution >= 4 is 15.7 Å². The molecule has 0 atom stereocenters. The Balaban J connectivity index is 1.38. The summed E-state index contributed by atoms with van der Waals surface area (Å²) in [4.78, 5) is 5.09. The standard InChI is InChI=1S/C24H33N3O2S/c1-30(28,29)26-18-16-25(17-19-26)22-12-14-24(15-13-22)27(23-10-6-3-7-11-23)20-21-8-4-2-5-9-21/h2-11,22,24H,12-20H2,1H3. The first-order valence-electron chi connectivity index (χ1n) is 11.1. The molecule has 0 N–H and O–H groups in total. The summed E-state index contributed by atoms with van der Waals surface area (Å²) in [6.45, 7) is 3.91. The van der Waals surface area contributed by atoms with Gasteiger partial charge in [-0.25, -0.2) is 8.42 Å². The number of para-hydroxylation sites is 1. The Kier molecular flexibility index (Phi) is 6.76. The zero-order valence-corrected chi connectivity index (χ0v) is 18.7. The molecule has 1 aliphatic carbocycles. The average molecular weight is 428 g/mol. The van der Waals surface area contributed by atoms with Gasteiger partial charge in [0.05, 0.1) is 6.26 Å². The molecule has 2 aromatic rings. The third-order valence-electron chi connectivity index (χ3n) is 6.65. The lowest BCUT2D eigenvalue weighted by atomic mass is 9.88. The fraction of sp³-hybridized carbons (Fsp3) is 0.500. The number of rotatable bonds is 6. The Labute approximate surface area is 181 Å². The molecular weight excluding hydrogens is 394 g/mol. The third kappa shape index (κ3) is 5.23. The summed E-state index contributed by atoms with van der Waals surface area (Å²) in [5.74, 6) is 0. The van der Waals surface area contributed by atoms with Crippen molar-refractivity contribution in [2.45, 2.75) is 44.3 Å². The largest absolute Gasteiger partial charge is 0.364 e. The van der Waals surface area contributed by atoms with Crippen molar-refractivity contribution in [1.29, 1.82) is 0 Å². The second-order valence-corrected chi connectivity index (χ2v) is 10.6. The molecule has 1 heterocycles. The van der Waals surface area contributed by atoms with Crippen LogP contribution >= 0.6 is 0 Å². The lowest BCUT2D eigenvalue weighted by molar-refractivity contribution is 0.106. The summed E-state index contributed by atoms with van der Waals surface area (Å²) in [6, 6.07) is 22.6. The summed E-state index contributed by atoms with van der Waals surface area (Å²) in [6.07, 6.45) is 6.04. The van der Waals surface area contributed by atoms with Gasteiger partial charge in [0.25, 0.3) is 0 Å². The molecule has 2 aliphatic rings. The van der Waals surface area contributed by atoms with E-state index in [9.17, 15) is 8.42 Å². The Morgan fingerprint density at radius 2 is 1.40 bits per heavy atom. The lowest BCUT2D eigenvalue weighted by Gasteiger charge is -2.44. The van der Waals surface area contributed by atoms with Crippen molar-refractivity contribution < 1.29 is 8.42 Å². The molecule has 1 aliphatic heterocycles. The second kappa shape index (κ2) is 9.50. The maximum absolute atomic E-state index is 11.8. The van der Waals surface area contributed by atoms with E-state index in [1.165, 1.54) is 43.2 Å². The van der Waals surface area contributed by atoms with Gasteiger partial charge in [-0.15, -0.1) is 0 Å². The third-order valence-corrected chi connectivity index (χ3v) is 7.95. The number of anilines is 1. The monoisotopic (exact) mass is 427 g/mol. The van der Waals surface area contributed by atoms with Crippen LogP contribution in [0, 0.1) is 0 Å². The van der Waals surface area contributed by atoms with Gasteiger partial charge in [0.2, 0.25) is 10.0 Å². The molecule has 0 bridgehead atoms. The highest BCUT2D eigenvalue weighted by atomic mass is 32.2. The van der Waals surface area contributed by atoms with Crippen molar-refractivity contribution in [2.75, 3.05) is 37.3 Å². The molecule has 0 radical (unpaired) electrons. The molecule has 0 unspecified atom stereocenters. The van der Waals surface area contributed by atoms with Gasteiger partial charge in [-0.1, -0.05) is 48.5 Å². The van der Waals surface area contributed by atoms with Crippen LogP contribution in [0.25, 0.3) is 0 Å². The van der Waals surface area contributed by atoms with Crippen LogP contribution < -0.4 is 4.90 Å². The van der Waals surface area contributed by atoms with E-state index in [0.717, 1.165) is 19.6 Å². The Bertz CT molecular complexity index is 889. The van der Waals surface area contributed by atoms with Crippen LogP contribution in [0.5, 0.6) is 0 Å². The highest BCUT2D eigenvalue weighted by Crippen LogP contribution is 2.31. The lowest BCUT2D eigenvalue weighted by Crippen LogP contribution is -2.53. The van der Waals surface area contributed by atoms with Crippen molar-refractivity contribution in [3.63, 3.8) is 0 Å². The highest BCUT2D eigenvalue weighted by Gasteiger charge is 2.32. The minimum atomic E-state index is -3.06. The van der Waals surface area contributed by atoms with E-state index < -0.39 is 10.0 Å². The minimum absolute atomic E-state index is 0.543. The average Bonchev–Trinajstić information content (AvgIpc) is 2.78. The normalized spacial score (nSPS) is 23.9. The van der Waals surface area contributed by atoms with Crippen LogP contribution in [0.4, 0.5) is 5.69 Å². The Hall–Kier alpha value is -1.89. The number of nitrogens with zero attached hydrogens (tertiary/aromatic N) is 3. The van der Waals surface area contributed by atoms with Gasteiger partial charge < -0.3 is 4.90 Å². The first kappa shape index (κ1) is 21.3. The van der Waals surface area contributed by atoms with Crippen LogP contribution in [0.2, 0.25) is 0 Å². The molecule has 6 heteroatoms. The van der Waals surface area contributed by atoms with Crippen molar-refractivity contribution in [2.24, 2.45) is 0 Å². The van der Waals surface area contributed by atoms with Crippen LogP contribution in [0.3, 0.4) is 0 Å². The molecule has 5 nitrogen and oxygen atoms in total. The number of hydrogen-bond acceptors (Lipinski definition) is 4. The first-order chi connectivity index (χ1) is 14.5. The van der Waals surface area contributed by atoms with E-state index >= 15 is 0 Å². The van der Waals surface area contributed by atoms with Gasteiger partial charge >= 0.3 is 0 Å². The second-order valence-electron chi connectivity index (χ2n) is 8.61. The molecule has 1 saturated carbocycles. The maximum atomic E-state index is 11.8. The van der Waals surface area contributed by atoms with Crippen LogP contribution in [0.1, 0.15) is 31.2 Å². The van der Waals surface area contributed by atoms with Gasteiger partial charge in [-0.05, 0) is 43.4 Å². The minimum Gasteiger partial charge on any atom is -0.364 e. The first-order valence-corrected chi connectivity index (χ1v) is 12.9. The van der Waals surface area contributed by atoms with Gasteiger partial charge in [0.1, 0.15) is 0 Å². The van der Waals surface area contributed by atoms with E-state index in [4.69, 9.17) is 0 Å². The van der Waals surface area contributed by atoms with Gasteiger partial charge in [-0.3, -0.25) is 4.90 Å². The summed E-state index contributed by atoms with van der Waals surface area (Å²) < 4.78 is 25.2. The Morgan fingerprint density at radius 1 is 0.833 bits per heavy atom. The number of sulfonamides is 1. The van der Waals surface area contributed by atoms with Crippen molar-refractivity contribution in [3.05, 3.63) is 66.2 Å². The SMILES string of the molecule is CS(=O)(=O)N1CCN(C2CCC(N(Cc3ccccc3)c3ccccc3)CC2)CC1. The van der Waals surface area contributed by atoms with Gasteiger partial charge in [0.15, 0.2) is 0 Å². The van der Waals surface area contributed by atoms with E-state index in [1.54, 1.807) is 4.31 Å². The molecular formula is C24H33N3O2S. The summed E-state index contributed by atoms with van der Waals surface area (Å²) >= 11 is 0. The number of piperazine rings is 1. The predicted octanol–water partition coefficient (Wildman–Crippen LogP) is 3.58. The topological polar surface area (TPSA) is 43.9 Å². The van der Waals surface area contributed by atoms with Crippen LogP contribution in [-0.2, 0) is 16.6 Å². The number of benzene rings is 2. The summed E-state index contributed by atoms with van der Waals surface area (Å²) in [5.41, 5.74) is 2.65. The molecule has 4 rings (SSSR count). The highest BCUT2D eigenvalue weighted by molar-refractivity contribution is 7.88. The zero-order valence-electron chi connectivity index (χ0n) is 17.9. The predicted molar refractivity (Wildman–Crippen MR) is 123 cm³/mol. The zero-order chi connectivity index (χ0) is 21.0. The smallest absolute Gasteiger partial charge is 0.211 e. The number of hydrogen-bond donors (Lipinski definition) is 0. The van der Waals surface area contributed by atoms with E-state index in [0.29, 0.717) is 25.2 Å². The fourth-order valence-corrected chi connectivity index (χ4v) is 5.79. The molecule has 0 amide bonds. The van der Waals surface area contributed by atoms with Crippen LogP contribution in [-0.4, -0.2) is 62.1 Å². The van der Waals surface area contributed by atoms with Crippen molar-refractivity contribution in [1.82, 2.24) is 9.21 Å². The van der Waals surface area contributed by atoms with Crippen LogP contribution in [0.15, 0.2) is 60.7 Å². The van der Waals surface area contributed by atoms with E-state index in [-0.39, 0.29) is 0 Å². The van der Waals surface area contributed by atoms with E-state index in [2.05, 4.69) is 70.5 Å². The fourth-order valence-electron chi connectivity index (χ4n) is 4.97. The molecule has 2 aromatic carbocycles. The Morgan fingerprint density at radius 3 is 1.97 bits per heavy atom. The van der Waals surface area contributed by atoms with Gasteiger partial charge in [-0.2, -0.15) is 4.31 Å². The van der Waals surface area contributed by atoms with Gasteiger partial charge in [0, 0.05) is 50.5 Å². The molecule has 0 spiro atoms. The van der Waals surface area contributed by atoms with E-state index in [1.807, 2.05) is 0 Å². The molecule has 30 heavy (non-hydrogen) atoms. The maximum Gasteiger partial charge on any atom is 0.211 e. The summed E-state index contributed by atoms with van der Waals surface area (Å²) in [5, 5.41) is 0. The van der Waals surface area contributed by atoms with Crippen molar-refractivity contribution in [3.8, 4) is 0 Å². The quantitative estimate of drug-likeness (QED) is 0.707. The molecule has 1 saturated heterocycles. The molecule has 0 aromatic heterocycles. The molecule has 2 fully saturated rings. The molecule has 162 valence electrons.